The minimum atomic E-state index is -3.39. The number of aromatic amines is 1. The van der Waals surface area contributed by atoms with Gasteiger partial charge in [0.15, 0.2) is 5.03 Å². The molecule has 7 heteroatoms. The molecule has 0 radical (unpaired) electrons. The van der Waals surface area contributed by atoms with Gasteiger partial charge in [0, 0.05) is 23.6 Å². The van der Waals surface area contributed by atoms with E-state index in [1.807, 2.05) is 11.8 Å². The Kier molecular flexibility index (Phi) is 3.51. The van der Waals surface area contributed by atoms with Gasteiger partial charge in [0.05, 0.1) is 12.5 Å². The Morgan fingerprint density at radius 2 is 2.24 bits per heavy atom. The average Bonchev–Trinajstić information content (AvgIpc) is 2.70. The lowest BCUT2D eigenvalue weighted by atomic mass is 10.1. The van der Waals surface area contributed by atoms with Gasteiger partial charge in [-0.2, -0.15) is 16.1 Å². The lowest BCUT2D eigenvalue weighted by Gasteiger charge is -2.21. The van der Waals surface area contributed by atoms with E-state index < -0.39 is 10.0 Å². The third kappa shape index (κ3) is 2.83. The third-order valence-electron chi connectivity index (χ3n) is 2.89. The summed E-state index contributed by atoms with van der Waals surface area (Å²) in [5, 5.41) is 0.183. The van der Waals surface area contributed by atoms with Gasteiger partial charge in [0.25, 0.3) is 10.0 Å². The number of H-pyrrole nitrogens is 1. The first-order chi connectivity index (χ1) is 7.92. The second-order valence-corrected chi connectivity index (χ2v) is 8.39. The zero-order chi connectivity index (χ0) is 12.5. The molecule has 0 spiro atoms. The molecular formula is C10H17N3O2S2. The van der Waals surface area contributed by atoms with Crippen molar-refractivity contribution in [2.75, 3.05) is 18.8 Å². The first kappa shape index (κ1) is 12.9. The van der Waals surface area contributed by atoms with Crippen molar-refractivity contribution in [1.29, 1.82) is 0 Å². The van der Waals surface area contributed by atoms with Gasteiger partial charge in [-0.05, 0) is 6.42 Å². The van der Waals surface area contributed by atoms with Crippen LogP contribution in [0, 0.1) is 0 Å². The summed E-state index contributed by atoms with van der Waals surface area (Å²) in [6, 6.07) is 0. The Labute approximate surface area is 106 Å². The first-order valence-corrected chi connectivity index (χ1v) is 7.97. The molecule has 0 amide bonds. The molecule has 2 rings (SSSR count). The van der Waals surface area contributed by atoms with Crippen LogP contribution in [0.15, 0.2) is 17.6 Å². The lowest BCUT2D eigenvalue weighted by Crippen LogP contribution is -2.33. The number of aromatic nitrogens is 2. The van der Waals surface area contributed by atoms with E-state index in [4.69, 9.17) is 0 Å². The van der Waals surface area contributed by atoms with E-state index in [9.17, 15) is 8.42 Å². The SMILES string of the molecule is CC1(C)CCN(S(=O)(=O)c2cnc[nH]2)CCS1. The molecular weight excluding hydrogens is 258 g/mol. The summed E-state index contributed by atoms with van der Waals surface area (Å²) in [4.78, 5) is 6.44. The Bertz CT molecular complexity index is 468. The summed E-state index contributed by atoms with van der Waals surface area (Å²) in [5.41, 5.74) is 0. The number of hydrogen-bond donors (Lipinski definition) is 1. The van der Waals surface area contributed by atoms with Crippen LogP contribution in [0.2, 0.25) is 0 Å². The van der Waals surface area contributed by atoms with Gasteiger partial charge in [0.2, 0.25) is 0 Å². The molecule has 17 heavy (non-hydrogen) atoms. The summed E-state index contributed by atoms with van der Waals surface area (Å²) < 4.78 is 26.2. The van der Waals surface area contributed by atoms with Crippen molar-refractivity contribution in [3.8, 4) is 0 Å². The van der Waals surface area contributed by atoms with Crippen molar-refractivity contribution in [2.45, 2.75) is 30.0 Å². The number of imidazole rings is 1. The van der Waals surface area contributed by atoms with Crippen LogP contribution in [0.5, 0.6) is 0 Å². The molecule has 1 aliphatic rings. The standard InChI is InChI=1S/C10H17N3O2S2/c1-10(2)3-4-13(5-6-16-10)17(14,15)9-7-11-8-12-9/h7-8H,3-6H2,1-2H3,(H,11,12). The Morgan fingerprint density at radius 1 is 1.47 bits per heavy atom. The maximum atomic E-state index is 12.3. The van der Waals surface area contributed by atoms with Crippen molar-refractivity contribution < 1.29 is 8.42 Å². The van der Waals surface area contributed by atoms with Crippen LogP contribution in [0.1, 0.15) is 20.3 Å². The monoisotopic (exact) mass is 275 g/mol. The molecule has 96 valence electrons. The fourth-order valence-corrected chi connectivity index (χ4v) is 4.32. The Balaban J connectivity index is 2.18. The zero-order valence-corrected chi connectivity index (χ0v) is 11.6. The molecule has 5 nitrogen and oxygen atoms in total. The normalized spacial score (nSPS) is 22.2. The number of hydrogen-bond acceptors (Lipinski definition) is 4. The molecule has 0 aliphatic carbocycles. The maximum absolute atomic E-state index is 12.3. The molecule has 0 atom stereocenters. The molecule has 1 saturated heterocycles. The lowest BCUT2D eigenvalue weighted by molar-refractivity contribution is 0.414. The highest BCUT2D eigenvalue weighted by molar-refractivity contribution is 8.00. The fraction of sp³-hybridized carbons (Fsp3) is 0.700. The first-order valence-electron chi connectivity index (χ1n) is 5.54. The smallest absolute Gasteiger partial charge is 0.260 e. The van der Waals surface area contributed by atoms with Crippen molar-refractivity contribution in [3.05, 3.63) is 12.5 Å². The Hall–Kier alpha value is -0.530. The second-order valence-electron chi connectivity index (χ2n) is 4.68. The van der Waals surface area contributed by atoms with Gasteiger partial charge in [-0.15, -0.1) is 0 Å². The van der Waals surface area contributed by atoms with Gasteiger partial charge >= 0.3 is 0 Å². The van der Waals surface area contributed by atoms with Crippen LogP contribution in [-0.4, -0.2) is 46.3 Å². The number of rotatable bonds is 2. The molecule has 1 aliphatic heterocycles. The molecule has 1 fully saturated rings. The van der Waals surface area contributed by atoms with E-state index in [2.05, 4.69) is 23.8 Å². The fourth-order valence-electron chi connectivity index (χ4n) is 1.77. The van der Waals surface area contributed by atoms with E-state index >= 15 is 0 Å². The number of nitrogens with zero attached hydrogens (tertiary/aromatic N) is 2. The van der Waals surface area contributed by atoms with Gasteiger partial charge < -0.3 is 4.98 Å². The van der Waals surface area contributed by atoms with E-state index in [1.54, 1.807) is 4.31 Å². The maximum Gasteiger partial charge on any atom is 0.260 e. The summed E-state index contributed by atoms with van der Waals surface area (Å²) in [7, 11) is -3.39. The van der Waals surface area contributed by atoms with Gasteiger partial charge in [-0.25, -0.2) is 13.4 Å². The number of thioether (sulfide) groups is 1. The van der Waals surface area contributed by atoms with Crippen LogP contribution in [0.25, 0.3) is 0 Å². The van der Waals surface area contributed by atoms with Crippen LogP contribution in [0.4, 0.5) is 0 Å². The average molecular weight is 275 g/mol. The van der Waals surface area contributed by atoms with E-state index in [-0.39, 0.29) is 9.77 Å². The summed E-state index contributed by atoms with van der Waals surface area (Å²) >= 11 is 1.83. The van der Waals surface area contributed by atoms with Gasteiger partial charge in [-0.3, -0.25) is 0 Å². The summed E-state index contributed by atoms with van der Waals surface area (Å²) in [6.07, 6.45) is 3.62. The topological polar surface area (TPSA) is 66.1 Å². The highest BCUT2D eigenvalue weighted by Gasteiger charge is 2.31. The molecule has 2 heterocycles. The number of nitrogens with one attached hydrogen (secondary N) is 1. The molecule has 0 saturated carbocycles. The zero-order valence-electron chi connectivity index (χ0n) is 10.0. The molecule has 0 bridgehead atoms. The van der Waals surface area contributed by atoms with Crippen molar-refractivity contribution in [2.24, 2.45) is 0 Å². The molecule has 0 unspecified atom stereocenters. The number of sulfonamides is 1. The van der Waals surface area contributed by atoms with Gasteiger partial charge in [0.1, 0.15) is 0 Å². The highest BCUT2D eigenvalue weighted by atomic mass is 32.2. The van der Waals surface area contributed by atoms with Crippen molar-refractivity contribution >= 4 is 21.8 Å². The molecule has 1 aromatic heterocycles. The van der Waals surface area contributed by atoms with Crippen molar-refractivity contribution in [1.82, 2.24) is 14.3 Å². The van der Waals surface area contributed by atoms with E-state index in [1.165, 1.54) is 12.5 Å². The molecule has 1 aromatic rings. The largest absolute Gasteiger partial charge is 0.335 e. The molecule has 0 aromatic carbocycles. The summed E-state index contributed by atoms with van der Waals surface area (Å²) in [6.45, 7) is 5.45. The minimum absolute atomic E-state index is 0.151. The summed E-state index contributed by atoms with van der Waals surface area (Å²) in [5.74, 6) is 0.834. The van der Waals surface area contributed by atoms with Gasteiger partial charge in [-0.1, -0.05) is 13.8 Å². The van der Waals surface area contributed by atoms with Crippen LogP contribution < -0.4 is 0 Å². The van der Waals surface area contributed by atoms with Crippen LogP contribution >= 0.6 is 11.8 Å². The molecule has 1 N–H and O–H groups in total. The highest BCUT2D eigenvalue weighted by Crippen LogP contribution is 2.32. The van der Waals surface area contributed by atoms with Crippen LogP contribution in [0.3, 0.4) is 0 Å². The predicted octanol–water partition coefficient (Wildman–Crippen LogP) is 1.32. The van der Waals surface area contributed by atoms with Crippen LogP contribution in [-0.2, 0) is 10.0 Å². The second kappa shape index (κ2) is 4.62. The Morgan fingerprint density at radius 3 is 2.88 bits per heavy atom. The minimum Gasteiger partial charge on any atom is -0.335 e. The van der Waals surface area contributed by atoms with E-state index in [0.717, 1.165) is 12.2 Å². The predicted molar refractivity (Wildman–Crippen MR) is 68.5 cm³/mol. The third-order valence-corrected chi connectivity index (χ3v) is 6.08. The quantitative estimate of drug-likeness (QED) is 0.884. The van der Waals surface area contributed by atoms with Crippen molar-refractivity contribution in [3.63, 3.8) is 0 Å². The van der Waals surface area contributed by atoms with E-state index in [0.29, 0.717) is 13.1 Å².